The lowest BCUT2D eigenvalue weighted by Crippen LogP contribution is -2.23. The first kappa shape index (κ1) is 13.9. The van der Waals surface area contributed by atoms with E-state index in [1.807, 2.05) is 11.8 Å². The van der Waals surface area contributed by atoms with Gasteiger partial charge >= 0.3 is 5.97 Å². The van der Waals surface area contributed by atoms with Crippen LogP contribution in [-0.2, 0) is 4.79 Å². The molecule has 19 heavy (non-hydrogen) atoms. The van der Waals surface area contributed by atoms with E-state index in [-0.39, 0.29) is 11.8 Å². The van der Waals surface area contributed by atoms with Crippen LogP contribution in [0.1, 0.15) is 17.3 Å². The third-order valence-corrected chi connectivity index (χ3v) is 4.17. The highest BCUT2D eigenvalue weighted by molar-refractivity contribution is 9.10. The number of carboxylic acids is 1. The smallest absolute Gasteiger partial charge is 0.308 e. The van der Waals surface area contributed by atoms with E-state index in [4.69, 9.17) is 10.8 Å². The maximum absolute atomic E-state index is 11.1. The Bertz CT molecular complexity index is 533. The van der Waals surface area contributed by atoms with E-state index in [0.717, 1.165) is 5.69 Å². The summed E-state index contributed by atoms with van der Waals surface area (Å²) in [6, 6.07) is 5.25. The van der Waals surface area contributed by atoms with Gasteiger partial charge in [-0.15, -0.1) is 0 Å². The topological polar surface area (TPSA) is 83.6 Å². The third kappa shape index (κ3) is 2.73. The number of carboxylic acid groups (broad SMARTS) is 1. The van der Waals surface area contributed by atoms with Crippen LogP contribution in [0, 0.1) is 11.8 Å². The minimum Gasteiger partial charge on any atom is -0.481 e. The molecule has 1 amide bonds. The molecule has 6 heteroatoms. The molecule has 2 rings (SSSR count). The van der Waals surface area contributed by atoms with Gasteiger partial charge in [0.05, 0.1) is 11.5 Å². The summed E-state index contributed by atoms with van der Waals surface area (Å²) >= 11 is 3.31. The Morgan fingerprint density at radius 1 is 1.42 bits per heavy atom. The van der Waals surface area contributed by atoms with Gasteiger partial charge < -0.3 is 15.7 Å². The molecule has 0 bridgehead atoms. The van der Waals surface area contributed by atoms with Gasteiger partial charge in [0.1, 0.15) is 0 Å². The molecule has 5 nitrogen and oxygen atoms in total. The van der Waals surface area contributed by atoms with E-state index < -0.39 is 11.9 Å². The summed E-state index contributed by atoms with van der Waals surface area (Å²) in [6.45, 7) is 3.11. The summed E-state index contributed by atoms with van der Waals surface area (Å²) in [5, 5.41) is 9.12. The summed E-state index contributed by atoms with van der Waals surface area (Å²) in [5.74, 6) is -1.50. The Morgan fingerprint density at radius 2 is 2.11 bits per heavy atom. The van der Waals surface area contributed by atoms with Crippen LogP contribution in [0.5, 0.6) is 0 Å². The summed E-state index contributed by atoms with van der Waals surface area (Å²) in [4.78, 5) is 24.3. The molecule has 1 heterocycles. The number of aliphatic carboxylic acids is 1. The van der Waals surface area contributed by atoms with Crippen LogP contribution >= 0.6 is 15.9 Å². The number of benzene rings is 1. The Balaban J connectivity index is 2.22. The van der Waals surface area contributed by atoms with Gasteiger partial charge in [0, 0.05) is 23.2 Å². The summed E-state index contributed by atoms with van der Waals surface area (Å²) in [7, 11) is 0. The van der Waals surface area contributed by atoms with Crippen molar-refractivity contribution in [3.05, 3.63) is 28.2 Å². The second-order valence-electron chi connectivity index (χ2n) is 4.86. The Kier molecular flexibility index (Phi) is 3.80. The number of hydrogen-bond acceptors (Lipinski definition) is 3. The van der Waals surface area contributed by atoms with Crippen molar-refractivity contribution in [2.45, 2.75) is 6.92 Å². The van der Waals surface area contributed by atoms with Gasteiger partial charge in [-0.1, -0.05) is 6.92 Å². The summed E-state index contributed by atoms with van der Waals surface area (Å²) in [6.07, 6.45) is 0. The molecule has 0 spiro atoms. The highest BCUT2D eigenvalue weighted by Gasteiger charge is 2.34. The number of carbonyl (C=O) groups is 2. The van der Waals surface area contributed by atoms with Crippen molar-refractivity contribution in [1.82, 2.24) is 0 Å². The molecule has 1 fully saturated rings. The van der Waals surface area contributed by atoms with Crippen molar-refractivity contribution in [3.8, 4) is 0 Å². The SMILES string of the molecule is C[C@@H]1CN(c2ccc(C(N)=O)c(Br)c2)C[C@H]1C(=O)O. The van der Waals surface area contributed by atoms with Gasteiger partial charge in [-0.3, -0.25) is 9.59 Å². The van der Waals surface area contributed by atoms with Gasteiger partial charge in [0.2, 0.25) is 5.91 Å². The van der Waals surface area contributed by atoms with E-state index in [2.05, 4.69) is 15.9 Å². The molecule has 1 aromatic rings. The second kappa shape index (κ2) is 5.21. The summed E-state index contributed by atoms with van der Waals surface area (Å²) in [5.41, 5.74) is 6.56. The molecule has 0 aromatic heterocycles. The fourth-order valence-corrected chi connectivity index (χ4v) is 2.96. The predicted molar refractivity (Wildman–Crippen MR) is 75.2 cm³/mol. The predicted octanol–water partition coefficient (Wildman–Crippen LogP) is 1.70. The zero-order valence-corrected chi connectivity index (χ0v) is 12.1. The Morgan fingerprint density at radius 3 is 2.58 bits per heavy atom. The standard InChI is InChI=1S/C13H15BrN2O3/c1-7-5-16(6-10(7)13(18)19)8-2-3-9(12(15)17)11(14)4-8/h2-4,7,10H,5-6H2,1H3,(H2,15,17)(H,18,19)/t7-,10-/m1/s1. The molecule has 0 unspecified atom stereocenters. The van der Waals surface area contributed by atoms with Crippen molar-refractivity contribution in [1.29, 1.82) is 0 Å². The van der Waals surface area contributed by atoms with Crippen LogP contribution in [0.3, 0.4) is 0 Å². The molecule has 0 aliphatic carbocycles. The van der Waals surface area contributed by atoms with Gasteiger partial charge in [0.25, 0.3) is 0 Å². The van der Waals surface area contributed by atoms with Gasteiger partial charge in [0.15, 0.2) is 0 Å². The van der Waals surface area contributed by atoms with Crippen LogP contribution in [-0.4, -0.2) is 30.1 Å². The van der Waals surface area contributed by atoms with Crippen molar-refractivity contribution in [2.75, 3.05) is 18.0 Å². The van der Waals surface area contributed by atoms with Crippen molar-refractivity contribution >= 4 is 33.5 Å². The number of halogens is 1. The van der Waals surface area contributed by atoms with Crippen LogP contribution in [0.15, 0.2) is 22.7 Å². The first-order chi connectivity index (χ1) is 8.90. The minimum absolute atomic E-state index is 0.104. The van der Waals surface area contributed by atoms with Crippen LogP contribution in [0.4, 0.5) is 5.69 Å². The highest BCUT2D eigenvalue weighted by Crippen LogP contribution is 2.31. The van der Waals surface area contributed by atoms with E-state index in [9.17, 15) is 9.59 Å². The highest BCUT2D eigenvalue weighted by atomic mass is 79.9. The minimum atomic E-state index is -0.761. The Labute approximate surface area is 119 Å². The van der Waals surface area contributed by atoms with Gasteiger partial charge in [-0.2, -0.15) is 0 Å². The average molecular weight is 327 g/mol. The molecule has 3 N–H and O–H groups in total. The monoisotopic (exact) mass is 326 g/mol. The molecule has 0 radical (unpaired) electrons. The zero-order valence-electron chi connectivity index (χ0n) is 10.5. The molecule has 2 atom stereocenters. The number of anilines is 1. The van der Waals surface area contributed by atoms with E-state index >= 15 is 0 Å². The molecular formula is C13H15BrN2O3. The number of nitrogens with two attached hydrogens (primary N) is 1. The number of carbonyl (C=O) groups excluding carboxylic acids is 1. The van der Waals surface area contributed by atoms with Gasteiger partial charge in [-0.05, 0) is 40.0 Å². The number of rotatable bonds is 3. The first-order valence-corrected chi connectivity index (χ1v) is 6.76. The third-order valence-electron chi connectivity index (χ3n) is 3.51. The number of amides is 1. The molecule has 1 saturated heterocycles. The quantitative estimate of drug-likeness (QED) is 0.885. The molecule has 102 valence electrons. The van der Waals surface area contributed by atoms with E-state index in [1.165, 1.54) is 0 Å². The fourth-order valence-electron chi connectivity index (χ4n) is 2.40. The Hall–Kier alpha value is -1.56. The molecule has 1 aliphatic rings. The van der Waals surface area contributed by atoms with E-state index in [1.54, 1.807) is 18.2 Å². The van der Waals surface area contributed by atoms with Crippen molar-refractivity contribution in [3.63, 3.8) is 0 Å². The second-order valence-corrected chi connectivity index (χ2v) is 5.71. The van der Waals surface area contributed by atoms with Crippen LogP contribution in [0.2, 0.25) is 0 Å². The number of nitrogens with zero attached hydrogens (tertiary/aromatic N) is 1. The van der Waals surface area contributed by atoms with E-state index in [0.29, 0.717) is 23.1 Å². The van der Waals surface area contributed by atoms with Gasteiger partial charge in [-0.25, -0.2) is 0 Å². The van der Waals surface area contributed by atoms with Crippen molar-refractivity contribution in [2.24, 2.45) is 17.6 Å². The number of primary amides is 1. The lowest BCUT2D eigenvalue weighted by atomic mass is 9.99. The normalized spacial score (nSPS) is 22.5. The fraction of sp³-hybridized carbons (Fsp3) is 0.385. The maximum atomic E-state index is 11.1. The lowest BCUT2D eigenvalue weighted by molar-refractivity contribution is -0.142. The molecular weight excluding hydrogens is 312 g/mol. The van der Waals surface area contributed by atoms with Crippen LogP contribution in [0.25, 0.3) is 0 Å². The molecule has 0 saturated carbocycles. The first-order valence-electron chi connectivity index (χ1n) is 5.97. The lowest BCUT2D eigenvalue weighted by Gasteiger charge is -2.19. The van der Waals surface area contributed by atoms with Crippen molar-refractivity contribution < 1.29 is 14.7 Å². The molecule has 1 aliphatic heterocycles. The molecule has 1 aromatic carbocycles. The maximum Gasteiger partial charge on any atom is 0.308 e. The average Bonchev–Trinajstić information content (AvgIpc) is 2.70. The van der Waals surface area contributed by atoms with Crippen LogP contribution < -0.4 is 10.6 Å². The number of hydrogen-bond donors (Lipinski definition) is 2. The zero-order chi connectivity index (χ0) is 14.2. The summed E-state index contributed by atoms with van der Waals surface area (Å²) < 4.78 is 0.629. The largest absolute Gasteiger partial charge is 0.481 e.